The van der Waals surface area contributed by atoms with Crippen LogP contribution in [-0.4, -0.2) is 29.9 Å². The Morgan fingerprint density at radius 3 is 2.14 bits per heavy atom. The highest BCUT2D eigenvalue weighted by atomic mass is 16.2. The van der Waals surface area contributed by atoms with E-state index in [0.717, 1.165) is 53.2 Å². The number of fused-ring (bicyclic) bond motifs is 1. The second-order valence-corrected chi connectivity index (χ2v) is 10.0. The second kappa shape index (κ2) is 10.9. The molecule has 0 spiro atoms. The van der Waals surface area contributed by atoms with Crippen molar-refractivity contribution in [3.8, 4) is 0 Å². The summed E-state index contributed by atoms with van der Waals surface area (Å²) >= 11 is 0. The highest BCUT2D eigenvalue weighted by molar-refractivity contribution is 5.98. The van der Waals surface area contributed by atoms with Gasteiger partial charge in [0.05, 0.1) is 5.52 Å². The van der Waals surface area contributed by atoms with E-state index >= 15 is 0 Å². The van der Waals surface area contributed by atoms with Crippen LogP contribution in [0.15, 0.2) is 48.5 Å². The number of hydrogen-bond donors (Lipinski definition) is 2. The van der Waals surface area contributed by atoms with Crippen LogP contribution in [0.5, 0.6) is 0 Å². The lowest BCUT2D eigenvalue weighted by atomic mass is 9.92. The number of hydrogen-bond acceptors (Lipinski definition) is 4. The average Bonchev–Trinajstić information content (AvgIpc) is 2.83. The molecule has 6 heteroatoms. The normalized spacial score (nSPS) is 17.9. The maximum absolute atomic E-state index is 12.5. The fourth-order valence-electron chi connectivity index (χ4n) is 4.96. The zero-order valence-corrected chi connectivity index (χ0v) is 21.2. The molecular formula is C29H36N4O2. The highest BCUT2D eigenvalue weighted by Gasteiger charge is 2.23. The van der Waals surface area contributed by atoms with Crippen LogP contribution < -0.4 is 15.5 Å². The molecule has 3 aromatic rings. The summed E-state index contributed by atoms with van der Waals surface area (Å²) in [4.78, 5) is 32.0. The van der Waals surface area contributed by atoms with Gasteiger partial charge in [0.2, 0.25) is 11.8 Å². The molecule has 2 atom stereocenters. The van der Waals surface area contributed by atoms with E-state index in [-0.39, 0.29) is 24.7 Å². The summed E-state index contributed by atoms with van der Waals surface area (Å²) in [7, 11) is 0. The smallest absolute Gasteiger partial charge is 0.224 e. The molecule has 2 amide bonds. The molecule has 184 valence electrons. The Morgan fingerprint density at radius 1 is 0.914 bits per heavy atom. The SMILES string of the molecule is CCc1ccc(NC(=O)CCC(=O)Nc2ccc3nc(N4C[C@H](C)C[C@@H](C)C4)cc(C)c3c2)cc1. The zero-order chi connectivity index (χ0) is 24.9. The van der Waals surface area contributed by atoms with Crippen molar-refractivity contribution in [2.45, 2.75) is 53.4 Å². The van der Waals surface area contributed by atoms with E-state index < -0.39 is 0 Å². The number of carbonyl (C=O) groups is 2. The van der Waals surface area contributed by atoms with Crippen molar-refractivity contribution in [1.29, 1.82) is 0 Å². The third-order valence-electron chi connectivity index (χ3n) is 6.70. The van der Waals surface area contributed by atoms with Gasteiger partial charge in [0, 0.05) is 42.7 Å². The Bertz CT molecular complexity index is 1200. The molecule has 0 radical (unpaired) electrons. The van der Waals surface area contributed by atoms with Crippen molar-refractivity contribution in [3.05, 3.63) is 59.7 Å². The lowest BCUT2D eigenvalue weighted by Crippen LogP contribution is -2.39. The number of aryl methyl sites for hydroxylation is 2. The van der Waals surface area contributed by atoms with Gasteiger partial charge in [-0.05, 0) is 79.1 Å². The summed E-state index contributed by atoms with van der Waals surface area (Å²) in [6.07, 6.45) is 2.47. The molecule has 1 saturated heterocycles. The number of carbonyl (C=O) groups excluding carboxylic acids is 2. The first-order valence-corrected chi connectivity index (χ1v) is 12.7. The molecule has 1 aliphatic heterocycles. The average molecular weight is 473 g/mol. The highest BCUT2D eigenvalue weighted by Crippen LogP contribution is 2.29. The van der Waals surface area contributed by atoms with Crippen LogP contribution in [0.3, 0.4) is 0 Å². The van der Waals surface area contributed by atoms with Gasteiger partial charge in [-0.2, -0.15) is 0 Å². The van der Waals surface area contributed by atoms with E-state index in [1.807, 2.05) is 42.5 Å². The van der Waals surface area contributed by atoms with Crippen molar-refractivity contribution in [2.24, 2.45) is 11.8 Å². The molecule has 2 aromatic carbocycles. The zero-order valence-electron chi connectivity index (χ0n) is 21.2. The molecule has 4 rings (SSSR count). The Hall–Kier alpha value is -3.41. The van der Waals surface area contributed by atoms with Crippen molar-refractivity contribution >= 4 is 39.9 Å². The summed E-state index contributed by atoms with van der Waals surface area (Å²) in [5.74, 6) is 2.01. The summed E-state index contributed by atoms with van der Waals surface area (Å²) < 4.78 is 0. The number of nitrogens with zero attached hydrogens (tertiary/aromatic N) is 2. The molecule has 0 aliphatic carbocycles. The number of rotatable bonds is 7. The Kier molecular flexibility index (Phi) is 7.69. The number of pyridine rings is 1. The van der Waals surface area contributed by atoms with Crippen LogP contribution in [0.2, 0.25) is 0 Å². The van der Waals surface area contributed by atoms with Gasteiger partial charge in [-0.15, -0.1) is 0 Å². The number of benzene rings is 2. The summed E-state index contributed by atoms with van der Waals surface area (Å²) in [6.45, 7) is 10.9. The standard InChI is InChI=1S/C29H36N4O2/c1-5-22-6-8-23(9-7-22)30-28(34)12-13-29(35)31-24-10-11-26-25(16-24)21(4)15-27(32-26)33-17-19(2)14-20(3)18-33/h6-11,15-16,19-20H,5,12-14,17-18H2,1-4H3,(H,30,34)(H,31,35)/t19-,20-/m1/s1. The van der Waals surface area contributed by atoms with Gasteiger partial charge in [-0.25, -0.2) is 4.98 Å². The Labute approximate surface area is 208 Å². The topological polar surface area (TPSA) is 74.3 Å². The van der Waals surface area contributed by atoms with Crippen LogP contribution in [0, 0.1) is 18.8 Å². The van der Waals surface area contributed by atoms with E-state index in [1.54, 1.807) is 0 Å². The molecule has 2 N–H and O–H groups in total. The summed E-state index contributed by atoms with van der Waals surface area (Å²) in [5.41, 5.74) is 4.75. The maximum atomic E-state index is 12.5. The van der Waals surface area contributed by atoms with Crippen molar-refractivity contribution < 1.29 is 9.59 Å². The molecule has 1 aliphatic rings. The van der Waals surface area contributed by atoms with Gasteiger partial charge in [-0.3, -0.25) is 9.59 Å². The van der Waals surface area contributed by atoms with Gasteiger partial charge in [-0.1, -0.05) is 32.9 Å². The Balaban J connectivity index is 1.35. The fraction of sp³-hybridized carbons (Fsp3) is 0.414. The first-order chi connectivity index (χ1) is 16.8. The maximum Gasteiger partial charge on any atom is 0.224 e. The van der Waals surface area contributed by atoms with Gasteiger partial charge in [0.15, 0.2) is 0 Å². The quantitative estimate of drug-likeness (QED) is 0.446. The predicted octanol–water partition coefficient (Wildman–Crippen LogP) is 5.95. The summed E-state index contributed by atoms with van der Waals surface area (Å²) in [6, 6.07) is 15.7. The van der Waals surface area contributed by atoms with E-state index in [1.165, 1.54) is 12.0 Å². The number of nitrogens with one attached hydrogen (secondary N) is 2. The minimum Gasteiger partial charge on any atom is -0.356 e. The van der Waals surface area contributed by atoms with Crippen LogP contribution in [0.1, 0.15) is 51.2 Å². The van der Waals surface area contributed by atoms with Crippen LogP contribution >= 0.6 is 0 Å². The number of aromatic nitrogens is 1. The fourth-order valence-corrected chi connectivity index (χ4v) is 4.96. The predicted molar refractivity (Wildman–Crippen MR) is 144 cm³/mol. The molecule has 1 aromatic heterocycles. The minimum atomic E-state index is -0.181. The monoisotopic (exact) mass is 472 g/mol. The number of amides is 2. The van der Waals surface area contributed by atoms with Crippen molar-refractivity contribution in [3.63, 3.8) is 0 Å². The first kappa shape index (κ1) is 24.7. The molecule has 1 fully saturated rings. The lowest BCUT2D eigenvalue weighted by Gasteiger charge is -2.36. The third-order valence-corrected chi connectivity index (χ3v) is 6.70. The summed E-state index contributed by atoms with van der Waals surface area (Å²) in [5, 5.41) is 6.80. The second-order valence-electron chi connectivity index (χ2n) is 10.0. The molecular weight excluding hydrogens is 436 g/mol. The van der Waals surface area contributed by atoms with Gasteiger partial charge in [0.1, 0.15) is 5.82 Å². The lowest BCUT2D eigenvalue weighted by molar-refractivity contribution is -0.121. The third kappa shape index (κ3) is 6.38. The van der Waals surface area contributed by atoms with E-state index in [9.17, 15) is 9.59 Å². The van der Waals surface area contributed by atoms with Crippen LogP contribution in [0.4, 0.5) is 17.2 Å². The van der Waals surface area contributed by atoms with Gasteiger partial charge >= 0.3 is 0 Å². The number of anilines is 3. The first-order valence-electron chi connectivity index (χ1n) is 12.7. The Morgan fingerprint density at radius 2 is 1.51 bits per heavy atom. The molecule has 2 heterocycles. The van der Waals surface area contributed by atoms with E-state index in [0.29, 0.717) is 11.8 Å². The van der Waals surface area contributed by atoms with E-state index in [2.05, 4.69) is 49.3 Å². The minimum absolute atomic E-state index is 0.123. The van der Waals surface area contributed by atoms with Crippen molar-refractivity contribution in [2.75, 3.05) is 28.6 Å². The van der Waals surface area contributed by atoms with Crippen molar-refractivity contribution in [1.82, 2.24) is 4.98 Å². The largest absolute Gasteiger partial charge is 0.356 e. The van der Waals surface area contributed by atoms with Gasteiger partial charge in [0.25, 0.3) is 0 Å². The molecule has 6 nitrogen and oxygen atoms in total. The van der Waals surface area contributed by atoms with Crippen LogP contribution in [-0.2, 0) is 16.0 Å². The molecule has 0 bridgehead atoms. The molecule has 0 unspecified atom stereocenters. The number of piperidine rings is 1. The van der Waals surface area contributed by atoms with Crippen LogP contribution in [0.25, 0.3) is 10.9 Å². The molecule has 35 heavy (non-hydrogen) atoms. The van der Waals surface area contributed by atoms with Gasteiger partial charge < -0.3 is 15.5 Å². The van der Waals surface area contributed by atoms with E-state index in [4.69, 9.17) is 4.98 Å². The molecule has 0 saturated carbocycles.